The second kappa shape index (κ2) is 10.6. The summed E-state index contributed by atoms with van der Waals surface area (Å²) in [5.74, 6) is 0.667. The molecule has 2 aromatic rings. The fourth-order valence-electron chi connectivity index (χ4n) is 5.51. The number of benzene rings is 1. The molecule has 34 heavy (non-hydrogen) atoms. The van der Waals surface area contributed by atoms with Gasteiger partial charge in [-0.2, -0.15) is 4.57 Å². The summed E-state index contributed by atoms with van der Waals surface area (Å²) < 4.78 is 2.53. The van der Waals surface area contributed by atoms with Gasteiger partial charge in [0.25, 0.3) is 0 Å². The van der Waals surface area contributed by atoms with E-state index in [9.17, 15) is 0 Å². The Morgan fingerprint density at radius 2 is 1.82 bits per heavy atom. The molecule has 3 rings (SSSR count). The van der Waals surface area contributed by atoms with E-state index in [1.807, 2.05) is 6.08 Å². The molecule has 180 valence electrons. The van der Waals surface area contributed by atoms with Crippen LogP contribution in [0.25, 0.3) is 11.3 Å². The van der Waals surface area contributed by atoms with Gasteiger partial charge in [-0.15, -0.1) is 6.58 Å². The summed E-state index contributed by atoms with van der Waals surface area (Å²) >= 11 is 0. The van der Waals surface area contributed by atoms with Crippen LogP contribution in [-0.2, 0) is 0 Å². The molecular formula is C32H43N2+. The number of aromatic nitrogens is 1. The third kappa shape index (κ3) is 4.69. The van der Waals surface area contributed by atoms with Crippen LogP contribution in [-0.4, -0.2) is 18.0 Å². The van der Waals surface area contributed by atoms with E-state index < -0.39 is 0 Å². The van der Waals surface area contributed by atoms with Crippen LogP contribution in [0.1, 0.15) is 68.3 Å². The number of hydrogen-bond acceptors (Lipinski definition) is 1. The molecule has 0 aliphatic carbocycles. The average Bonchev–Trinajstić information content (AvgIpc) is 2.80. The normalized spacial score (nSPS) is 18.9. The van der Waals surface area contributed by atoms with Crippen LogP contribution in [0.3, 0.4) is 0 Å². The summed E-state index contributed by atoms with van der Waals surface area (Å²) in [6.45, 7) is 23.9. The van der Waals surface area contributed by atoms with Gasteiger partial charge in [0.15, 0.2) is 12.2 Å². The summed E-state index contributed by atoms with van der Waals surface area (Å²) in [5, 5.41) is 0. The molecule has 0 spiro atoms. The number of hydrogen-bond donors (Lipinski definition) is 0. The highest BCUT2D eigenvalue weighted by Gasteiger charge is 2.46. The van der Waals surface area contributed by atoms with Crippen LogP contribution in [0.5, 0.6) is 0 Å². The van der Waals surface area contributed by atoms with Crippen molar-refractivity contribution in [2.45, 2.75) is 72.9 Å². The van der Waals surface area contributed by atoms with Crippen LogP contribution in [0.2, 0.25) is 0 Å². The molecule has 0 saturated heterocycles. The number of fused-ring (bicyclic) bond motifs is 3. The van der Waals surface area contributed by atoms with Crippen molar-refractivity contribution in [3.05, 3.63) is 101 Å². The summed E-state index contributed by atoms with van der Waals surface area (Å²) in [5.41, 5.74) is 10.8. The Kier molecular flexibility index (Phi) is 8.02. The summed E-state index contributed by atoms with van der Waals surface area (Å²) in [4.78, 5) is 2.48. The van der Waals surface area contributed by atoms with E-state index in [2.05, 4.69) is 127 Å². The Bertz CT molecular complexity index is 1130. The third-order valence-electron chi connectivity index (χ3n) is 7.66. The Morgan fingerprint density at radius 3 is 2.41 bits per heavy atom. The van der Waals surface area contributed by atoms with Crippen molar-refractivity contribution < 1.29 is 4.57 Å². The number of nitrogens with zero attached hydrogens (tertiary/aromatic N) is 2. The first-order valence-corrected chi connectivity index (χ1v) is 12.6. The van der Waals surface area contributed by atoms with Gasteiger partial charge in [-0.25, -0.2) is 0 Å². The minimum absolute atomic E-state index is 0.196. The molecule has 2 heteroatoms. The Morgan fingerprint density at radius 1 is 1.12 bits per heavy atom. The van der Waals surface area contributed by atoms with Crippen molar-refractivity contribution >= 4 is 0 Å². The number of aryl methyl sites for hydroxylation is 3. The zero-order chi connectivity index (χ0) is 25.2. The van der Waals surface area contributed by atoms with Crippen LogP contribution >= 0.6 is 0 Å². The highest BCUT2D eigenvalue weighted by molar-refractivity contribution is 5.66. The van der Waals surface area contributed by atoms with Crippen molar-refractivity contribution in [2.75, 3.05) is 7.05 Å². The van der Waals surface area contributed by atoms with Crippen molar-refractivity contribution in [1.29, 1.82) is 0 Å². The van der Waals surface area contributed by atoms with Gasteiger partial charge >= 0.3 is 0 Å². The average molecular weight is 456 g/mol. The molecule has 1 aliphatic heterocycles. The molecule has 2 nitrogen and oxygen atoms in total. The van der Waals surface area contributed by atoms with E-state index in [1.165, 1.54) is 44.8 Å². The predicted octanol–water partition coefficient (Wildman–Crippen LogP) is 7.77. The molecule has 0 N–H and O–H groups in total. The lowest BCUT2D eigenvalue weighted by molar-refractivity contribution is -0.718. The molecule has 2 heterocycles. The highest BCUT2D eigenvalue weighted by Crippen LogP contribution is 2.46. The van der Waals surface area contributed by atoms with Gasteiger partial charge in [0, 0.05) is 36.4 Å². The molecule has 3 unspecified atom stereocenters. The van der Waals surface area contributed by atoms with E-state index in [-0.39, 0.29) is 18.0 Å². The second-order valence-corrected chi connectivity index (χ2v) is 10.2. The Hall–Kier alpha value is -2.87. The van der Waals surface area contributed by atoms with Gasteiger partial charge in [-0.1, -0.05) is 62.4 Å². The number of allylic oxidation sites excluding steroid dienone is 5. The van der Waals surface area contributed by atoms with Gasteiger partial charge in [0.05, 0.1) is 12.0 Å². The summed E-state index contributed by atoms with van der Waals surface area (Å²) in [6.07, 6.45) is 11.8. The molecule has 3 atom stereocenters. The van der Waals surface area contributed by atoms with E-state index in [1.54, 1.807) is 0 Å². The molecule has 0 fully saturated rings. The number of pyridine rings is 1. The fraction of sp³-hybridized carbons (Fsp3) is 0.406. The maximum absolute atomic E-state index is 4.18. The largest absolute Gasteiger partial charge is 0.371 e. The predicted molar refractivity (Wildman–Crippen MR) is 147 cm³/mol. The van der Waals surface area contributed by atoms with Crippen LogP contribution in [0, 0.1) is 26.7 Å². The third-order valence-corrected chi connectivity index (χ3v) is 7.66. The summed E-state index contributed by atoms with van der Waals surface area (Å²) in [7, 11) is 2.25. The molecule has 0 bridgehead atoms. The van der Waals surface area contributed by atoms with Gasteiger partial charge in [-0.05, 0) is 63.3 Å². The monoisotopic (exact) mass is 455 g/mol. The molecule has 1 aliphatic rings. The lowest BCUT2D eigenvalue weighted by Gasteiger charge is -2.43. The van der Waals surface area contributed by atoms with Crippen molar-refractivity contribution in [2.24, 2.45) is 5.92 Å². The van der Waals surface area contributed by atoms with Crippen molar-refractivity contribution in [3.63, 3.8) is 0 Å². The Balaban J connectivity index is 2.42. The maximum Gasteiger partial charge on any atom is 0.213 e. The van der Waals surface area contributed by atoms with E-state index in [0.717, 1.165) is 6.42 Å². The van der Waals surface area contributed by atoms with E-state index in [4.69, 9.17) is 0 Å². The van der Waals surface area contributed by atoms with E-state index >= 15 is 0 Å². The van der Waals surface area contributed by atoms with Crippen LogP contribution < -0.4 is 4.57 Å². The first-order valence-electron chi connectivity index (χ1n) is 12.6. The van der Waals surface area contributed by atoms with E-state index in [0.29, 0.717) is 5.92 Å². The summed E-state index contributed by atoms with van der Waals surface area (Å²) in [6, 6.07) is 9.84. The first kappa shape index (κ1) is 25.7. The molecule has 0 radical (unpaired) electrons. The molecule has 0 amide bonds. The topological polar surface area (TPSA) is 7.12 Å². The minimum atomic E-state index is 0.196. The number of rotatable bonds is 8. The lowest BCUT2D eigenvalue weighted by Crippen LogP contribution is -2.53. The second-order valence-electron chi connectivity index (χ2n) is 10.2. The standard InChI is InChI=1S/C32H43N2/c1-11-14-26(21(4)5)32(33(10)25(9)13-3)31-28-18-22(6)16-17-27(28)30-19-23(7)24(8)20-34(30)29(31)15-12-2/h11-14,16-21,29,31-32H,1-2,15H2,3-10H3/q+1/b25-13-,26-14+. The van der Waals surface area contributed by atoms with Crippen LogP contribution in [0.15, 0.2) is 79.2 Å². The van der Waals surface area contributed by atoms with Crippen LogP contribution in [0.4, 0.5) is 0 Å². The lowest BCUT2D eigenvalue weighted by atomic mass is 9.72. The first-order chi connectivity index (χ1) is 16.2. The molecule has 0 saturated carbocycles. The Labute approximate surface area is 208 Å². The smallest absolute Gasteiger partial charge is 0.213 e. The zero-order valence-corrected chi connectivity index (χ0v) is 22.5. The highest BCUT2D eigenvalue weighted by atomic mass is 15.2. The SMILES string of the molecule is C=C/C=C(\C(C)C)C(C1c2cc(C)ccc2-c2cc(C)c(C)c[n+]2C1CC=C)N(C)/C(C)=C\C. The molecule has 1 aromatic heterocycles. The van der Waals surface area contributed by atoms with Gasteiger partial charge in [-0.3, -0.25) is 0 Å². The zero-order valence-electron chi connectivity index (χ0n) is 22.5. The molecular weight excluding hydrogens is 412 g/mol. The quantitative estimate of drug-likeness (QED) is 0.224. The molecule has 1 aromatic carbocycles. The van der Waals surface area contributed by atoms with Crippen molar-refractivity contribution in [1.82, 2.24) is 4.90 Å². The fourth-order valence-corrected chi connectivity index (χ4v) is 5.51. The maximum atomic E-state index is 4.18. The van der Waals surface area contributed by atoms with Gasteiger partial charge in [0.1, 0.15) is 0 Å². The van der Waals surface area contributed by atoms with Crippen molar-refractivity contribution in [3.8, 4) is 11.3 Å². The van der Waals surface area contributed by atoms with Gasteiger partial charge in [0.2, 0.25) is 5.69 Å². The van der Waals surface area contributed by atoms with Gasteiger partial charge < -0.3 is 4.90 Å². The number of likely N-dealkylation sites (N-methyl/N-ethyl adjacent to an activating group) is 1. The minimum Gasteiger partial charge on any atom is -0.371 e.